The molecule has 0 aromatic rings. The number of hydrogen-bond acceptors (Lipinski definition) is 3. The first-order valence-corrected chi connectivity index (χ1v) is 5.59. The van der Waals surface area contributed by atoms with Crippen LogP contribution in [0.1, 0.15) is 27.2 Å². The number of likely N-dealkylation sites (N-methyl/N-ethyl adjacent to an activating group) is 1. The summed E-state index contributed by atoms with van der Waals surface area (Å²) in [6, 6.07) is -0.210. The topological polar surface area (TPSA) is 58.4 Å². The van der Waals surface area contributed by atoms with Gasteiger partial charge in [0.2, 0.25) is 5.91 Å². The van der Waals surface area contributed by atoms with Crippen molar-refractivity contribution in [2.75, 3.05) is 20.6 Å². The standard InChI is InChI=1S/C11H25N3O/c1-6-9(12)11(15)13-10(8(2)3)7-14(4)5/h8-10H,6-7,12H2,1-5H3,(H,13,15)/t9-,10?/m1/s1. The van der Waals surface area contributed by atoms with Gasteiger partial charge in [-0.05, 0) is 26.4 Å². The summed E-state index contributed by atoms with van der Waals surface area (Å²) in [4.78, 5) is 13.7. The Morgan fingerprint density at radius 1 is 1.40 bits per heavy atom. The van der Waals surface area contributed by atoms with Crippen molar-refractivity contribution >= 4 is 5.91 Å². The molecule has 0 rings (SSSR count). The van der Waals surface area contributed by atoms with Gasteiger partial charge in [0.15, 0.2) is 0 Å². The van der Waals surface area contributed by atoms with Crippen LogP contribution in [0.4, 0.5) is 0 Å². The Labute approximate surface area is 93.2 Å². The van der Waals surface area contributed by atoms with Gasteiger partial charge in [-0.15, -0.1) is 0 Å². The summed E-state index contributed by atoms with van der Waals surface area (Å²) in [7, 11) is 4.00. The Bertz CT molecular complexity index is 192. The van der Waals surface area contributed by atoms with Crippen LogP contribution in [-0.2, 0) is 4.79 Å². The van der Waals surface area contributed by atoms with E-state index in [1.807, 2.05) is 21.0 Å². The average Bonchev–Trinajstić information content (AvgIpc) is 2.14. The van der Waals surface area contributed by atoms with Crippen molar-refractivity contribution in [2.24, 2.45) is 11.7 Å². The molecule has 3 N–H and O–H groups in total. The van der Waals surface area contributed by atoms with Crippen molar-refractivity contribution < 1.29 is 4.79 Å². The molecule has 4 nitrogen and oxygen atoms in total. The van der Waals surface area contributed by atoms with Gasteiger partial charge >= 0.3 is 0 Å². The molecule has 0 saturated heterocycles. The summed E-state index contributed by atoms with van der Waals surface area (Å²) >= 11 is 0. The zero-order valence-electron chi connectivity index (χ0n) is 10.6. The number of nitrogens with one attached hydrogen (secondary N) is 1. The summed E-state index contributed by atoms with van der Waals surface area (Å²) < 4.78 is 0. The first kappa shape index (κ1) is 14.4. The first-order valence-electron chi connectivity index (χ1n) is 5.59. The summed E-state index contributed by atoms with van der Waals surface area (Å²) in [5.41, 5.74) is 5.67. The molecule has 1 unspecified atom stereocenters. The lowest BCUT2D eigenvalue weighted by Crippen LogP contribution is -2.50. The molecule has 0 bridgehead atoms. The summed E-state index contributed by atoms with van der Waals surface area (Å²) in [5.74, 6) is 0.374. The molecule has 4 heteroatoms. The predicted octanol–water partition coefficient (Wildman–Crippen LogP) is 0.426. The van der Waals surface area contributed by atoms with Gasteiger partial charge in [-0.2, -0.15) is 0 Å². The summed E-state index contributed by atoms with van der Waals surface area (Å²) in [6.07, 6.45) is 0.679. The molecule has 1 amide bonds. The number of amides is 1. The average molecular weight is 215 g/mol. The minimum Gasteiger partial charge on any atom is -0.350 e. The van der Waals surface area contributed by atoms with E-state index in [1.54, 1.807) is 0 Å². The molecule has 15 heavy (non-hydrogen) atoms. The highest BCUT2D eigenvalue weighted by Crippen LogP contribution is 2.03. The molecule has 2 atom stereocenters. The van der Waals surface area contributed by atoms with Gasteiger partial charge in [-0.3, -0.25) is 4.79 Å². The van der Waals surface area contributed by atoms with E-state index in [9.17, 15) is 4.79 Å². The molecule has 90 valence electrons. The van der Waals surface area contributed by atoms with Crippen LogP contribution in [0.2, 0.25) is 0 Å². The molecule has 0 saturated carbocycles. The molecular weight excluding hydrogens is 190 g/mol. The quantitative estimate of drug-likeness (QED) is 0.675. The highest BCUT2D eigenvalue weighted by molar-refractivity contribution is 5.81. The van der Waals surface area contributed by atoms with Crippen molar-refractivity contribution in [3.05, 3.63) is 0 Å². The van der Waals surface area contributed by atoms with Crippen molar-refractivity contribution in [2.45, 2.75) is 39.3 Å². The van der Waals surface area contributed by atoms with Gasteiger partial charge < -0.3 is 16.0 Å². The van der Waals surface area contributed by atoms with Crippen LogP contribution in [0.25, 0.3) is 0 Å². The Kier molecular flexibility index (Phi) is 6.52. The van der Waals surface area contributed by atoms with E-state index in [-0.39, 0.29) is 18.0 Å². The molecule has 0 aromatic heterocycles. The largest absolute Gasteiger partial charge is 0.350 e. The monoisotopic (exact) mass is 215 g/mol. The third-order valence-corrected chi connectivity index (χ3v) is 2.47. The minimum absolute atomic E-state index is 0.0435. The number of carbonyl (C=O) groups is 1. The molecule has 0 heterocycles. The van der Waals surface area contributed by atoms with E-state index in [2.05, 4.69) is 24.1 Å². The molecule has 0 aliphatic rings. The molecular formula is C11H25N3O. The van der Waals surface area contributed by atoms with Crippen LogP contribution >= 0.6 is 0 Å². The fourth-order valence-electron chi connectivity index (χ4n) is 1.29. The maximum atomic E-state index is 11.6. The third kappa shape index (κ3) is 5.74. The summed E-state index contributed by atoms with van der Waals surface area (Å²) in [6.45, 7) is 6.97. The maximum absolute atomic E-state index is 11.6. The fraction of sp³-hybridized carbons (Fsp3) is 0.909. The molecule has 0 aromatic carbocycles. The van der Waals surface area contributed by atoms with Gasteiger partial charge in [0.05, 0.1) is 6.04 Å². The van der Waals surface area contributed by atoms with Gasteiger partial charge in [0.25, 0.3) is 0 Å². The van der Waals surface area contributed by atoms with Crippen molar-refractivity contribution in [3.8, 4) is 0 Å². The number of nitrogens with two attached hydrogens (primary N) is 1. The molecule has 0 spiro atoms. The maximum Gasteiger partial charge on any atom is 0.237 e. The SMILES string of the molecule is CC[C@@H](N)C(=O)NC(CN(C)C)C(C)C. The number of rotatable bonds is 6. The molecule has 0 fully saturated rings. The Balaban J connectivity index is 4.22. The second-order valence-corrected chi connectivity index (χ2v) is 4.64. The van der Waals surface area contributed by atoms with E-state index < -0.39 is 0 Å². The fourth-order valence-corrected chi connectivity index (χ4v) is 1.29. The Morgan fingerprint density at radius 2 is 1.93 bits per heavy atom. The van der Waals surface area contributed by atoms with Crippen LogP contribution in [-0.4, -0.2) is 43.5 Å². The van der Waals surface area contributed by atoms with Crippen molar-refractivity contribution in [1.82, 2.24) is 10.2 Å². The van der Waals surface area contributed by atoms with E-state index in [0.717, 1.165) is 6.54 Å². The van der Waals surface area contributed by atoms with E-state index in [1.165, 1.54) is 0 Å². The molecule has 0 aliphatic heterocycles. The van der Waals surface area contributed by atoms with E-state index in [0.29, 0.717) is 12.3 Å². The van der Waals surface area contributed by atoms with Gasteiger partial charge in [0.1, 0.15) is 0 Å². The number of carbonyl (C=O) groups excluding carboxylic acids is 1. The molecule has 0 radical (unpaired) electrons. The smallest absolute Gasteiger partial charge is 0.237 e. The number of nitrogens with zero attached hydrogens (tertiary/aromatic N) is 1. The second-order valence-electron chi connectivity index (χ2n) is 4.64. The lowest BCUT2D eigenvalue weighted by Gasteiger charge is -2.26. The second kappa shape index (κ2) is 6.80. The minimum atomic E-state index is -0.381. The van der Waals surface area contributed by atoms with Crippen molar-refractivity contribution in [1.29, 1.82) is 0 Å². The Hall–Kier alpha value is -0.610. The van der Waals surface area contributed by atoms with Crippen LogP contribution in [0, 0.1) is 5.92 Å². The van der Waals surface area contributed by atoms with Crippen molar-refractivity contribution in [3.63, 3.8) is 0 Å². The van der Waals surface area contributed by atoms with E-state index in [4.69, 9.17) is 5.73 Å². The van der Waals surface area contributed by atoms with E-state index >= 15 is 0 Å². The summed E-state index contributed by atoms with van der Waals surface area (Å²) in [5, 5.41) is 2.99. The first-order chi connectivity index (χ1) is 6.88. The Morgan fingerprint density at radius 3 is 2.27 bits per heavy atom. The molecule has 0 aliphatic carbocycles. The highest BCUT2D eigenvalue weighted by Gasteiger charge is 2.19. The lowest BCUT2D eigenvalue weighted by molar-refractivity contribution is -0.123. The number of hydrogen-bond donors (Lipinski definition) is 2. The van der Waals surface area contributed by atoms with Crippen LogP contribution in [0.3, 0.4) is 0 Å². The van der Waals surface area contributed by atoms with Crippen LogP contribution < -0.4 is 11.1 Å². The normalized spacial score (nSPS) is 15.5. The highest BCUT2D eigenvalue weighted by atomic mass is 16.2. The predicted molar refractivity (Wildman–Crippen MR) is 63.6 cm³/mol. The third-order valence-electron chi connectivity index (χ3n) is 2.47. The zero-order chi connectivity index (χ0) is 12.0. The lowest BCUT2D eigenvalue weighted by atomic mass is 10.0. The van der Waals surface area contributed by atoms with Gasteiger partial charge in [-0.25, -0.2) is 0 Å². The zero-order valence-corrected chi connectivity index (χ0v) is 10.6. The van der Waals surface area contributed by atoms with Crippen LogP contribution in [0.5, 0.6) is 0 Å². The van der Waals surface area contributed by atoms with Gasteiger partial charge in [-0.1, -0.05) is 20.8 Å². The van der Waals surface area contributed by atoms with Gasteiger partial charge in [0, 0.05) is 12.6 Å². The van der Waals surface area contributed by atoms with Crippen LogP contribution in [0.15, 0.2) is 0 Å².